The summed E-state index contributed by atoms with van der Waals surface area (Å²) in [5.74, 6) is 0.315. The zero-order chi connectivity index (χ0) is 14.3. The van der Waals surface area contributed by atoms with Gasteiger partial charge in [0.1, 0.15) is 5.40 Å². The second-order valence-corrected chi connectivity index (χ2v) is 5.03. The molecule has 1 aromatic rings. The number of nitriles is 1. The Labute approximate surface area is 117 Å². The highest BCUT2D eigenvalue weighted by Gasteiger charge is 2.16. The van der Waals surface area contributed by atoms with Crippen LogP contribution in [-0.4, -0.2) is 11.3 Å². The first-order chi connectivity index (χ1) is 9.10. The maximum Gasteiger partial charge on any atom is 0.511 e. The highest BCUT2D eigenvalue weighted by Crippen LogP contribution is 2.35. The molecule has 102 valence electrons. The van der Waals surface area contributed by atoms with Crippen molar-refractivity contribution < 1.29 is 14.6 Å². The van der Waals surface area contributed by atoms with Gasteiger partial charge in [0.2, 0.25) is 0 Å². The third-order valence-corrected chi connectivity index (χ3v) is 3.47. The lowest BCUT2D eigenvalue weighted by molar-refractivity contribution is 0.143. The first-order valence-electron chi connectivity index (χ1n) is 6.19. The van der Waals surface area contributed by atoms with Crippen molar-refractivity contribution in [2.45, 2.75) is 44.4 Å². The Morgan fingerprint density at radius 1 is 1.47 bits per heavy atom. The zero-order valence-electron chi connectivity index (χ0n) is 11.1. The van der Waals surface area contributed by atoms with E-state index in [1.54, 1.807) is 6.07 Å². The Bertz CT molecular complexity index is 494. The molecule has 0 saturated heterocycles. The van der Waals surface area contributed by atoms with Gasteiger partial charge in [-0.3, -0.25) is 0 Å². The number of carboxylic acid groups (broad SMARTS) is 1. The molecule has 0 heterocycles. The number of benzene rings is 1. The zero-order valence-corrected chi connectivity index (χ0v) is 11.9. The van der Waals surface area contributed by atoms with Gasteiger partial charge in [0.05, 0.1) is 4.90 Å². The maximum atomic E-state index is 10.8. The molecule has 0 unspecified atom stereocenters. The van der Waals surface area contributed by atoms with Gasteiger partial charge in [-0.15, -0.1) is 0 Å². The molecule has 0 aliphatic carbocycles. The second kappa shape index (κ2) is 7.70. The normalized spacial score (nSPS) is 9.95. The van der Waals surface area contributed by atoms with Crippen LogP contribution in [0.1, 0.15) is 37.3 Å². The first-order valence-corrected chi connectivity index (χ1v) is 7.01. The van der Waals surface area contributed by atoms with Crippen LogP contribution in [0.2, 0.25) is 0 Å². The highest BCUT2D eigenvalue weighted by atomic mass is 32.2. The van der Waals surface area contributed by atoms with Crippen molar-refractivity contribution in [3.05, 3.63) is 23.3 Å². The minimum atomic E-state index is -1.35. The molecule has 0 saturated carbocycles. The molecular formula is C14H17NO3S. The molecule has 5 heteroatoms. The van der Waals surface area contributed by atoms with Crippen LogP contribution in [0.4, 0.5) is 4.79 Å². The highest BCUT2D eigenvalue weighted by molar-refractivity contribution is 8.03. The summed E-state index contributed by atoms with van der Waals surface area (Å²) in [6, 6.07) is 3.63. The van der Waals surface area contributed by atoms with E-state index in [0.29, 0.717) is 10.6 Å². The van der Waals surface area contributed by atoms with Gasteiger partial charge >= 0.3 is 6.16 Å². The molecule has 0 aliphatic heterocycles. The van der Waals surface area contributed by atoms with E-state index in [9.17, 15) is 4.79 Å². The molecule has 0 aliphatic rings. The molecule has 1 rings (SSSR count). The second-order valence-electron chi connectivity index (χ2n) is 4.21. The van der Waals surface area contributed by atoms with Crippen molar-refractivity contribution in [2.24, 2.45) is 0 Å². The van der Waals surface area contributed by atoms with Crippen molar-refractivity contribution in [2.75, 3.05) is 0 Å². The molecule has 1 aromatic carbocycles. The summed E-state index contributed by atoms with van der Waals surface area (Å²) in [4.78, 5) is 11.4. The molecule has 0 atom stereocenters. The average molecular weight is 279 g/mol. The molecule has 0 radical (unpaired) electrons. The number of thiocyanates is 1. The number of nitrogens with zero attached hydrogens (tertiary/aromatic N) is 1. The summed E-state index contributed by atoms with van der Waals surface area (Å²) < 4.78 is 4.89. The Morgan fingerprint density at radius 2 is 2.21 bits per heavy atom. The van der Waals surface area contributed by atoms with Crippen LogP contribution < -0.4 is 4.74 Å². The van der Waals surface area contributed by atoms with Gasteiger partial charge < -0.3 is 9.84 Å². The Morgan fingerprint density at radius 3 is 2.79 bits per heavy atom. The van der Waals surface area contributed by atoms with Gasteiger partial charge in [0.15, 0.2) is 5.75 Å². The molecule has 0 bridgehead atoms. The monoisotopic (exact) mass is 279 g/mol. The van der Waals surface area contributed by atoms with Gasteiger partial charge in [-0.05, 0) is 48.7 Å². The van der Waals surface area contributed by atoms with Crippen LogP contribution in [0, 0.1) is 17.6 Å². The summed E-state index contributed by atoms with van der Waals surface area (Å²) >= 11 is 0.923. The summed E-state index contributed by atoms with van der Waals surface area (Å²) in [5, 5.41) is 19.6. The number of thioether (sulfide) groups is 1. The number of hydrogen-bond acceptors (Lipinski definition) is 4. The summed E-state index contributed by atoms with van der Waals surface area (Å²) in [7, 11) is 0. The van der Waals surface area contributed by atoms with Crippen molar-refractivity contribution in [3.63, 3.8) is 0 Å². The lowest BCUT2D eigenvalue weighted by atomic mass is 10.0. The fourth-order valence-corrected chi connectivity index (χ4v) is 2.39. The molecule has 19 heavy (non-hydrogen) atoms. The molecule has 0 amide bonds. The van der Waals surface area contributed by atoms with E-state index in [1.807, 2.05) is 18.4 Å². The predicted molar refractivity (Wildman–Crippen MR) is 74.5 cm³/mol. The summed E-state index contributed by atoms with van der Waals surface area (Å²) in [6.45, 7) is 4.04. The minimum Gasteiger partial charge on any atom is -0.449 e. The SMILES string of the molecule is CCCCCc1c(C)ccc(SC#N)c1OC(=O)O. The number of rotatable bonds is 6. The number of aryl methyl sites for hydroxylation is 1. The van der Waals surface area contributed by atoms with Gasteiger partial charge in [-0.25, -0.2) is 4.79 Å². The number of carbonyl (C=O) groups is 1. The molecule has 4 nitrogen and oxygen atoms in total. The quantitative estimate of drug-likeness (QED) is 0.275. The van der Waals surface area contributed by atoms with E-state index in [0.717, 1.165) is 48.6 Å². The topological polar surface area (TPSA) is 70.3 Å². The Hall–Kier alpha value is -1.67. The largest absolute Gasteiger partial charge is 0.511 e. The molecule has 0 spiro atoms. The predicted octanol–water partition coefficient (Wildman–Crippen LogP) is 4.36. The van der Waals surface area contributed by atoms with Crippen molar-refractivity contribution in [1.29, 1.82) is 5.26 Å². The van der Waals surface area contributed by atoms with E-state index in [4.69, 9.17) is 15.1 Å². The van der Waals surface area contributed by atoms with Crippen molar-refractivity contribution >= 4 is 17.9 Å². The third-order valence-electron chi connectivity index (χ3n) is 2.83. The van der Waals surface area contributed by atoms with Crippen LogP contribution in [0.5, 0.6) is 5.75 Å². The van der Waals surface area contributed by atoms with E-state index >= 15 is 0 Å². The standard InChI is InChI=1S/C14H17NO3S/c1-3-4-5-6-11-10(2)7-8-12(19-9-15)13(11)18-14(16)17/h7-8H,3-6H2,1-2H3,(H,16,17). The van der Waals surface area contributed by atoms with Crippen LogP contribution in [-0.2, 0) is 6.42 Å². The summed E-state index contributed by atoms with van der Waals surface area (Å²) in [5.41, 5.74) is 1.88. The van der Waals surface area contributed by atoms with E-state index < -0.39 is 6.16 Å². The average Bonchev–Trinajstić information content (AvgIpc) is 2.36. The van der Waals surface area contributed by atoms with E-state index in [-0.39, 0.29) is 0 Å². The smallest absolute Gasteiger partial charge is 0.449 e. The van der Waals surface area contributed by atoms with E-state index in [1.165, 1.54) is 0 Å². The molecular weight excluding hydrogens is 262 g/mol. The Kier molecular flexibility index (Phi) is 6.23. The fourth-order valence-electron chi connectivity index (χ4n) is 1.90. The fraction of sp³-hybridized carbons (Fsp3) is 0.429. The van der Waals surface area contributed by atoms with Crippen LogP contribution in [0.3, 0.4) is 0 Å². The van der Waals surface area contributed by atoms with Gasteiger partial charge in [-0.2, -0.15) is 5.26 Å². The van der Waals surface area contributed by atoms with Crippen molar-refractivity contribution in [1.82, 2.24) is 0 Å². The third kappa shape index (κ3) is 4.49. The lowest BCUT2D eigenvalue weighted by Gasteiger charge is -2.14. The maximum absolute atomic E-state index is 10.8. The van der Waals surface area contributed by atoms with Crippen LogP contribution in [0.15, 0.2) is 17.0 Å². The van der Waals surface area contributed by atoms with E-state index in [2.05, 4.69) is 6.92 Å². The number of hydrogen-bond donors (Lipinski definition) is 1. The number of unbranched alkanes of at least 4 members (excludes halogenated alkanes) is 2. The molecule has 1 N–H and O–H groups in total. The van der Waals surface area contributed by atoms with Crippen LogP contribution in [0.25, 0.3) is 0 Å². The number of ether oxygens (including phenoxy) is 1. The summed E-state index contributed by atoms with van der Waals surface area (Å²) in [6.07, 6.45) is 2.58. The lowest BCUT2D eigenvalue weighted by Crippen LogP contribution is -2.07. The first kappa shape index (κ1) is 15.4. The molecule has 0 fully saturated rings. The van der Waals surface area contributed by atoms with Gasteiger partial charge in [0, 0.05) is 0 Å². The van der Waals surface area contributed by atoms with Crippen LogP contribution >= 0.6 is 11.8 Å². The minimum absolute atomic E-state index is 0.315. The van der Waals surface area contributed by atoms with Gasteiger partial charge in [-0.1, -0.05) is 25.8 Å². The molecule has 0 aromatic heterocycles. The van der Waals surface area contributed by atoms with Crippen molar-refractivity contribution in [3.8, 4) is 11.2 Å². The Balaban J connectivity index is 3.12. The van der Waals surface area contributed by atoms with Gasteiger partial charge in [0.25, 0.3) is 0 Å².